The summed E-state index contributed by atoms with van der Waals surface area (Å²) in [5.74, 6) is -0.321. The minimum atomic E-state index is -3.63. The third kappa shape index (κ3) is 4.14. The van der Waals surface area contributed by atoms with E-state index in [-0.39, 0.29) is 29.3 Å². The zero-order valence-electron chi connectivity index (χ0n) is 10.6. The van der Waals surface area contributed by atoms with Crippen molar-refractivity contribution in [2.45, 2.75) is 24.3 Å². The third-order valence-electron chi connectivity index (χ3n) is 3.20. The van der Waals surface area contributed by atoms with E-state index >= 15 is 0 Å². The van der Waals surface area contributed by atoms with Crippen molar-refractivity contribution in [1.29, 1.82) is 0 Å². The van der Waals surface area contributed by atoms with Gasteiger partial charge in [0.2, 0.25) is 10.0 Å². The van der Waals surface area contributed by atoms with E-state index in [1.807, 2.05) is 6.92 Å². The lowest BCUT2D eigenvalue weighted by atomic mass is 9.97. The number of piperidine rings is 1. The van der Waals surface area contributed by atoms with Crippen molar-refractivity contribution in [2.24, 2.45) is 5.92 Å². The summed E-state index contributed by atoms with van der Waals surface area (Å²) in [6, 6.07) is 4.96. The summed E-state index contributed by atoms with van der Waals surface area (Å²) in [7, 11) is -3.63. The molecule has 0 saturated carbocycles. The lowest BCUT2D eigenvalue weighted by Gasteiger charge is -2.29. The van der Waals surface area contributed by atoms with E-state index in [4.69, 9.17) is 0 Å². The van der Waals surface area contributed by atoms with Gasteiger partial charge in [0.1, 0.15) is 5.82 Å². The maximum Gasteiger partial charge on any atom is 0.240 e. The molecule has 1 aromatic carbocycles. The van der Waals surface area contributed by atoms with E-state index in [9.17, 15) is 12.8 Å². The molecule has 2 atom stereocenters. The Morgan fingerprint density at radius 1 is 1.42 bits per heavy atom. The van der Waals surface area contributed by atoms with E-state index in [2.05, 4.69) is 10.0 Å². The largest absolute Gasteiger partial charge is 0.316 e. The normalized spacial score (nSPS) is 23.7. The van der Waals surface area contributed by atoms with E-state index in [0.717, 1.165) is 25.6 Å². The molecule has 1 heterocycles. The number of rotatable bonds is 3. The van der Waals surface area contributed by atoms with Crippen LogP contribution >= 0.6 is 12.4 Å². The van der Waals surface area contributed by atoms with Gasteiger partial charge in [-0.3, -0.25) is 0 Å². The molecule has 0 bridgehead atoms. The highest BCUT2D eigenvalue weighted by Gasteiger charge is 2.26. The highest BCUT2D eigenvalue weighted by Crippen LogP contribution is 2.16. The van der Waals surface area contributed by atoms with E-state index in [1.54, 1.807) is 0 Å². The van der Waals surface area contributed by atoms with Gasteiger partial charge in [0.15, 0.2) is 0 Å². The third-order valence-corrected chi connectivity index (χ3v) is 4.69. The van der Waals surface area contributed by atoms with Crippen LogP contribution in [0, 0.1) is 11.7 Å². The zero-order valence-corrected chi connectivity index (χ0v) is 12.2. The predicted octanol–water partition coefficient (Wildman–Crippen LogP) is 1.52. The monoisotopic (exact) mass is 308 g/mol. The summed E-state index contributed by atoms with van der Waals surface area (Å²) in [5, 5.41) is 3.20. The van der Waals surface area contributed by atoms with Crippen molar-refractivity contribution in [3.05, 3.63) is 30.1 Å². The first-order valence-corrected chi connectivity index (χ1v) is 7.46. The highest BCUT2D eigenvalue weighted by atomic mass is 35.5. The van der Waals surface area contributed by atoms with Gasteiger partial charge < -0.3 is 5.32 Å². The average molecular weight is 309 g/mol. The Kier molecular flexibility index (Phi) is 5.73. The Bertz CT molecular complexity index is 524. The number of nitrogens with one attached hydrogen (secondary N) is 2. The number of hydrogen-bond donors (Lipinski definition) is 2. The van der Waals surface area contributed by atoms with E-state index in [1.165, 1.54) is 18.2 Å². The van der Waals surface area contributed by atoms with Crippen molar-refractivity contribution >= 4 is 22.4 Å². The smallest absolute Gasteiger partial charge is 0.240 e. The molecule has 1 aliphatic rings. The Balaban J connectivity index is 0.00000180. The van der Waals surface area contributed by atoms with Gasteiger partial charge in [0, 0.05) is 6.04 Å². The summed E-state index contributed by atoms with van der Waals surface area (Å²) in [6.07, 6.45) is 0.746. The van der Waals surface area contributed by atoms with Crippen molar-refractivity contribution < 1.29 is 12.8 Å². The standard InChI is InChI=1S/C12H17FN2O2S.ClH/c1-9-8-14-6-5-12(9)15-18(16,17)11-4-2-3-10(13)7-11;/h2-4,7,9,12,14-15H,5-6,8H2,1H3;1H. The average Bonchev–Trinajstić information content (AvgIpc) is 2.32. The van der Waals surface area contributed by atoms with Gasteiger partial charge in [-0.1, -0.05) is 13.0 Å². The van der Waals surface area contributed by atoms with Gasteiger partial charge in [-0.25, -0.2) is 17.5 Å². The van der Waals surface area contributed by atoms with Crippen LogP contribution in [0.5, 0.6) is 0 Å². The molecule has 2 N–H and O–H groups in total. The molecular formula is C12H18ClFN2O2S. The van der Waals surface area contributed by atoms with Crippen molar-refractivity contribution in [1.82, 2.24) is 10.0 Å². The molecule has 0 radical (unpaired) electrons. The highest BCUT2D eigenvalue weighted by molar-refractivity contribution is 7.89. The molecule has 0 amide bonds. The quantitative estimate of drug-likeness (QED) is 0.890. The number of sulfonamides is 1. The second kappa shape index (κ2) is 6.65. The second-order valence-corrected chi connectivity index (χ2v) is 6.37. The van der Waals surface area contributed by atoms with Crippen molar-refractivity contribution in [3.63, 3.8) is 0 Å². The van der Waals surface area contributed by atoms with Crippen molar-refractivity contribution in [2.75, 3.05) is 13.1 Å². The molecule has 7 heteroatoms. The van der Waals surface area contributed by atoms with Crippen LogP contribution in [-0.4, -0.2) is 27.5 Å². The maximum atomic E-state index is 13.1. The van der Waals surface area contributed by atoms with Gasteiger partial charge in [-0.15, -0.1) is 12.4 Å². The summed E-state index contributed by atoms with van der Waals surface area (Å²) in [4.78, 5) is -0.0202. The first-order valence-electron chi connectivity index (χ1n) is 5.97. The molecule has 1 saturated heterocycles. The summed E-state index contributed by atoms with van der Waals surface area (Å²) in [5.41, 5.74) is 0. The molecule has 1 fully saturated rings. The van der Waals surface area contributed by atoms with Crippen LogP contribution in [0.3, 0.4) is 0 Å². The van der Waals surface area contributed by atoms with Gasteiger partial charge in [0.05, 0.1) is 4.90 Å². The lowest BCUT2D eigenvalue weighted by molar-refractivity contribution is 0.328. The minimum Gasteiger partial charge on any atom is -0.316 e. The fraction of sp³-hybridized carbons (Fsp3) is 0.500. The fourth-order valence-electron chi connectivity index (χ4n) is 2.09. The molecule has 19 heavy (non-hydrogen) atoms. The topological polar surface area (TPSA) is 58.2 Å². The molecule has 0 aliphatic carbocycles. The van der Waals surface area contributed by atoms with Gasteiger partial charge in [-0.05, 0) is 43.6 Å². The van der Waals surface area contributed by atoms with E-state index in [0.29, 0.717) is 0 Å². The predicted molar refractivity (Wildman–Crippen MR) is 74.4 cm³/mol. The van der Waals surface area contributed by atoms with Gasteiger partial charge in [0.25, 0.3) is 0 Å². The van der Waals surface area contributed by atoms with Crippen LogP contribution < -0.4 is 10.0 Å². The fourth-order valence-corrected chi connectivity index (χ4v) is 3.50. The van der Waals surface area contributed by atoms with Crippen LogP contribution in [0.4, 0.5) is 4.39 Å². The maximum absolute atomic E-state index is 13.1. The first-order chi connectivity index (χ1) is 8.49. The molecule has 108 valence electrons. The van der Waals surface area contributed by atoms with E-state index < -0.39 is 15.8 Å². The van der Waals surface area contributed by atoms with Gasteiger partial charge in [-0.2, -0.15) is 0 Å². The minimum absolute atomic E-state index is 0. The van der Waals surface area contributed by atoms with Crippen LogP contribution in [0.1, 0.15) is 13.3 Å². The molecule has 1 aromatic rings. The van der Waals surface area contributed by atoms with Crippen LogP contribution in [0.25, 0.3) is 0 Å². The van der Waals surface area contributed by atoms with Crippen LogP contribution in [-0.2, 0) is 10.0 Å². The zero-order chi connectivity index (χ0) is 13.2. The SMILES string of the molecule is CC1CNCCC1NS(=O)(=O)c1cccc(F)c1.Cl. The number of halogens is 2. The summed E-state index contributed by atoms with van der Waals surface area (Å²) >= 11 is 0. The number of hydrogen-bond acceptors (Lipinski definition) is 3. The Morgan fingerprint density at radius 2 is 2.16 bits per heavy atom. The summed E-state index contributed by atoms with van der Waals surface area (Å²) < 4.78 is 39.9. The Hall–Kier alpha value is -0.690. The lowest BCUT2D eigenvalue weighted by Crippen LogP contribution is -2.48. The molecule has 2 unspecified atom stereocenters. The Morgan fingerprint density at radius 3 is 2.79 bits per heavy atom. The first kappa shape index (κ1) is 16.4. The number of benzene rings is 1. The molecule has 0 aromatic heterocycles. The second-order valence-electron chi connectivity index (χ2n) is 4.66. The van der Waals surface area contributed by atoms with Crippen molar-refractivity contribution in [3.8, 4) is 0 Å². The molecule has 2 rings (SSSR count). The molecule has 0 spiro atoms. The molecule has 4 nitrogen and oxygen atoms in total. The van der Waals surface area contributed by atoms with Crippen LogP contribution in [0.2, 0.25) is 0 Å². The Labute approximate surface area is 119 Å². The van der Waals surface area contributed by atoms with Gasteiger partial charge >= 0.3 is 0 Å². The molecule has 1 aliphatic heterocycles. The molecular weight excluding hydrogens is 291 g/mol. The van der Waals surface area contributed by atoms with Crippen LogP contribution in [0.15, 0.2) is 29.2 Å². The summed E-state index contributed by atoms with van der Waals surface area (Å²) in [6.45, 7) is 3.57.